The van der Waals surface area contributed by atoms with Gasteiger partial charge >= 0.3 is 5.97 Å². The second-order valence-corrected chi connectivity index (χ2v) is 26.0. The standard InChI is InChI=1S/C30H29Cl2F3N2O3.C24H20Cl2F3NO3.C5H10N2O/c31-17-4-5-20-22(9-17)37-27(40)30(20)24(18-2-1-3-21(32)25(18)35)19(10-29(30)11-28(12-29,13-33)14-34)23(38)8-15-6-16(7-15)26(36)39;25-12-4-5-15-17(6-12)30-21(33)24(15)18(13-2-1-3-16(26)19(13)29)14(20(31)32)7-23(24)8-22(9-23,10-27)11-28;6-4-1-3(2-4)5(7)8/h1-5,9,15-16,19,24H,6-8,10-14H2,(H2,36,39)(H,37,40);1-6,14,18H,7-11H2,(H,30,33)(H,31,32);3-4H,1-2,6H2,(H2,7,8)/t15?,16?,19-,24-,30+;14-,18+,24-;/m01./s1. The Kier molecular flexibility index (Phi) is 15.5. The number of primary amides is 2. The number of carbonyl (C=O) groups excluding carboxylic acids is 5. The number of nitrogens with two attached hydrogens (primary N) is 3. The van der Waals surface area contributed by atoms with Gasteiger partial charge in [0.25, 0.3) is 0 Å². The quantitative estimate of drug-likeness (QED) is 0.0747. The van der Waals surface area contributed by atoms with E-state index in [9.17, 15) is 51.4 Å². The number of alkyl halides is 4. The van der Waals surface area contributed by atoms with Crippen molar-refractivity contribution in [2.24, 2.45) is 68.5 Å². The minimum Gasteiger partial charge on any atom is -0.481 e. The molecule has 0 bridgehead atoms. The first-order valence-corrected chi connectivity index (χ1v) is 28.3. The van der Waals surface area contributed by atoms with Crippen LogP contribution in [0, 0.1) is 62.9 Å². The SMILES string of the molecule is NC(=O)C1CC(CC(=O)[C@@H]2CC3(CC(CF)(CF)C3)[C@@]3(C(=O)Nc4cc(Cl)ccc43)[C@H]2c2cccc(Cl)c2F)C1.NC(=O)C1CC(N)C1.O=C(O)[C@@H]1CC2(CC(CF)(CF)C2)[C@@]2(C(=O)Nc3cc(Cl)ccc32)[C@H]1c1cccc(Cl)c1F. The summed E-state index contributed by atoms with van der Waals surface area (Å²) >= 11 is 24.6. The van der Waals surface area contributed by atoms with Gasteiger partial charge in [-0.2, -0.15) is 0 Å². The van der Waals surface area contributed by atoms with E-state index in [1.54, 1.807) is 42.5 Å². The van der Waals surface area contributed by atoms with Crippen LogP contribution in [0.4, 0.5) is 37.7 Å². The van der Waals surface area contributed by atoms with E-state index in [1.807, 2.05) is 0 Å². The number of benzene rings is 4. The molecular formula is C59H59Cl4F6N5O7. The summed E-state index contributed by atoms with van der Waals surface area (Å²) in [5.41, 5.74) is 10.1. The van der Waals surface area contributed by atoms with E-state index in [1.165, 1.54) is 30.3 Å². The molecule has 6 aliphatic carbocycles. The number of nitrogens with one attached hydrogen (secondary N) is 2. The number of carboxylic acids is 1. The predicted molar refractivity (Wildman–Crippen MR) is 293 cm³/mol. The van der Waals surface area contributed by atoms with Crippen molar-refractivity contribution >= 4 is 93.2 Å². The predicted octanol–water partition coefficient (Wildman–Crippen LogP) is 11.4. The van der Waals surface area contributed by atoms with Gasteiger partial charge in [-0.3, -0.25) is 46.3 Å². The first-order valence-electron chi connectivity index (χ1n) is 26.8. The molecule has 4 amide bonds. The lowest BCUT2D eigenvalue weighted by atomic mass is 9.43. The maximum atomic E-state index is 15.9. The summed E-state index contributed by atoms with van der Waals surface area (Å²) in [5.74, 6) is -8.79. The van der Waals surface area contributed by atoms with Crippen LogP contribution >= 0.6 is 46.4 Å². The number of ketones is 1. The Bertz CT molecular complexity index is 3250. The summed E-state index contributed by atoms with van der Waals surface area (Å²) in [4.78, 5) is 76.5. The lowest BCUT2D eigenvalue weighted by Crippen LogP contribution is -2.61. The zero-order valence-electron chi connectivity index (χ0n) is 43.6. The van der Waals surface area contributed by atoms with Crippen molar-refractivity contribution < 1.29 is 60.2 Å². The number of rotatable bonds is 12. The maximum absolute atomic E-state index is 15.9. The van der Waals surface area contributed by atoms with Crippen LogP contribution in [0.25, 0.3) is 0 Å². The van der Waals surface area contributed by atoms with Crippen molar-refractivity contribution in [3.05, 3.63) is 127 Å². The Morgan fingerprint density at radius 2 is 0.988 bits per heavy atom. The first-order chi connectivity index (χ1) is 38.3. The molecule has 4 aromatic carbocycles. The maximum Gasteiger partial charge on any atom is 0.307 e. The molecular weight excluding hydrogens is 1150 g/mol. The largest absolute Gasteiger partial charge is 0.481 e. The van der Waals surface area contributed by atoms with Gasteiger partial charge in [-0.05, 0) is 140 Å². The van der Waals surface area contributed by atoms with Crippen molar-refractivity contribution in [3.8, 4) is 0 Å². The molecule has 8 aliphatic rings. The second-order valence-electron chi connectivity index (χ2n) is 24.3. The van der Waals surface area contributed by atoms with Crippen LogP contribution in [-0.4, -0.2) is 73.2 Å². The van der Waals surface area contributed by atoms with Crippen LogP contribution in [0.15, 0.2) is 72.8 Å². The van der Waals surface area contributed by atoms with Gasteiger partial charge in [-0.1, -0.05) is 82.8 Å². The van der Waals surface area contributed by atoms with E-state index in [2.05, 4.69) is 10.6 Å². The normalized spacial score (nSPS) is 30.5. The smallest absolute Gasteiger partial charge is 0.307 e. The number of amides is 4. The van der Waals surface area contributed by atoms with E-state index >= 15 is 8.78 Å². The van der Waals surface area contributed by atoms with Gasteiger partial charge in [0, 0.05) is 74.3 Å². The fourth-order valence-corrected chi connectivity index (χ4v) is 17.1. The Morgan fingerprint density at radius 3 is 1.36 bits per heavy atom. The van der Waals surface area contributed by atoms with Crippen LogP contribution in [0.1, 0.15) is 105 Å². The molecule has 9 N–H and O–H groups in total. The Balaban J connectivity index is 0.000000162. The molecule has 2 heterocycles. The Labute approximate surface area is 482 Å². The first kappa shape index (κ1) is 58.8. The highest BCUT2D eigenvalue weighted by Gasteiger charge is 2.79. The van der Waals surface area contributed by atoms with Crippen LogP contribution < -0.4 is 27.8 Å². The number of Topliss-reactive ketones (excluding diaryl/α,β-unsaturated/α-hetero) is 1. The molecule has 432 valence electrons. The number of halogens is 10. The van der Waals surface area contributed by atoms with Gasteiger partial charge in [0.05, 0.1) is 53.5 Å². The molecule has 0 saturated heterocycles. The van der Waals surface area contributed by atoms with Crippen LogP contribution in [-0.2, 0) is 39.6 Å². The highest BCUT2D eigenvalue weighted by atomic mass is 35.5. The van der Waals surface area contributed by atoms with E-state index in [0.717, 1.165) is 12.8 Å². The zero-order valence-corrected chi connectivity index (χ0v) is 46.6. The molecule has 0 radical (unpaired) electrons. The Hall–Kier alpha value is -5.40. The summed E-state index contributed by atoms with van der Waals surface area (Å²) in [6, 6.07) is 18.7. The minimum atomic E-state index is -1.55. The third kappa shape index (κ3) is 9.04. The molecule has 0 aromatic heterocycles. The molecule has 6 saturated carbocycles. The third-order valence-electron chi connectivity index (χ3n) is 19.7. The number of carboxylic acid groups (broad SMARTS) is 1. The van der Waals surface area contributed by atoms with Gasteiger partial charge in [-0.15, -0.1) is 0 Å². The number of hydrogen-bond acceptors (Lipinski definition) is 7. The lowest BCUT2D eigenvalue weighted by molar-refractivity contribution is -0.145. The van der Waals surface area contributed by atoms with Gasteiger partial charge in [0.2, 0.25) is 23.6 Å². The van der Waals surface area contributed by atoms with E-state index in [4.69, 9.17) is 63.6 Å². The van der Waals surface area contributed by atoms with Crippen molar-refractivity contribution in [2.75, 3.05) is 37.3 Å². The van der Waals surface area contributed by atoms with Gasteiger partial charge < -0.3 is 32.9 Å². The summed E-state index contributed by atoms with van der Waals surface area (Å²) in [6.07, 6.45) is 2.90. The fraction of sp³-hybridized carbons (Fsp3) is 0.492. The molecule has 12 nitrogen and oxygen atoms in total. The van der Waals surface area contributed by atoms with Crippen LogP contribution in [0.2, 0.25) is 20.1 Å². The van der Waals surface area contributed by atoms with E-state index in [0.29, 0.717) is 45.4 Å². The highest BCUT2D eigenvalue weighted by Crippen LogP contribution is 2.79. The summed E-state index contributed by atoms with van der Waals surface area (Å²) < 4.78 is 87.5. The summed E-state index contributed by atoms with van der Waals surface area (Å²) in [7, 11) is 0. The average Bonchev–Trinajstić information content (AvgIpc) is 1.67. The van der Waals surface area contributed by atoms with Crippen molar-refractivity contribution in [2.45, 2.75) is 99.3 Å². The zero-order chi connectivity index (χ0) is 58.5. The topological polar surface area (TPSA) is 225 Å². The highest BCUT2D eigenvalue weighted by molar-refractivity contribution is 6.32. The third-order valence-corrected chi connectivity index (χ3v) is 20.8. The van der Waals surface area contributed by atoms with Crippen molar-refractivity contribution in [3.63, 3.8) is 0 Å². The molecule has 6 fully saturated rings. The van der Waals surface area contributed by atoms with Crippen molar-refractivity contribution in [1.29, 1.82) is 0 Å². The fourth-order valence-electron chi connectivity index (χ4n) is 16.4. The number of carbonyl (C=O) groups is 6. The molecule has 81 heavy (non-hydrogen) atoms. The van der Waals surface area contributed by atoms with E-state index in [-0.39, 0.29) is 102 Å². The van der Waals surface area contributed by atoms with Crippen molar-refractivity contribution in [1.82, 2.24) is 0 Å². The lowest BCUT2D eigenvalue weighted by Gasteiger charge is -2.59. The molecule has 2 aliphatic heterocycles. The van der Waals surface area contributed by atoms with E-state index < -0.39 is 118 Å². The number of hydrogen-bond donors (Lipinski definition) is 6. The number of fused-ring (bicyclic) bond motifs is 6. The molecule has 4 spiro atoms. The molecule has 0 unspecified atom stereocenters. The van der Waals surface area contributed by atoms with Gasteiger partial charge in [0.15, 0.2) is 0 Å². The van der Waals surface area contributed by atoms with Gasteiger partial charge in [0.1, 0.15) is 17.4 Å². The summed E-state index contributed by atoms with van der Waals surface area (Å²) in [5, 5.41) is 16.3. The Morgan fingerprint density at radius 1 is 0.593 bits per heavy atom. The number of anilines is 2. The molecule has 12 rings (SSSR count). The summed E-state index contributed by atoms with van der Waals surface area (Å²) in [6.45, 7) is -3.65. The molecule has 22 heteroatoms. The average molecular weight is 1210 g/mol. The monoisotopic (exact) mass is 1200 g/mol. The van der Waals surface area contributed by atoms with Crippen LogP contribution in [0.5, 0.6) is 0 Å². The number of aliphatic carboxylic acids is 1. The minimum absolute atomic E-state index is 0.00252. The molecule has 4 aromatic rings. The second kappa shape index (κ2) is 21.3. The molecule has 6 atom stereocenters. The van der Waals surface area contributed by atoms with Gasteiger partial charge in [-0.25, -0.2) is 8.78 Å². The van der Waals surface area contributed by atoms with Crippen LogP contribution in [0.3, 0.4) is 0 Å².